The molecule has 1 aromatic carbocycles. The van der Waals surface area contributed by atoms with E-state index in [2.05, 4.69) is 10.2 Å². The molecule has 2 fully saturated rings. The largest absolute Gasteiger partial charge is 0.314 e. The minimum Gasteiger partial charge on any atom is -0.314 e. The molecular weight excluding hydrogens is 270 g/mol. The Hall–Kier alpha value is -1.00. The Labute approximate surface area is 125 Å². The molecule has 1 unspecified atom stereocenters. The second kappa shape index (κ2) is 6.84. The van der Waals surface area contributed by atoms with E-state index >= 15 is 0 Å². The first-order chi connectivity index (χ1) is 10.3. The highest BCUT2D eigenvalue weighted by Crippen LogP contribution is 2.30. The topological polar surface area (TPSA) is 15.3 Å². The molecule has 0 bridgehead atoms. The summed E-state index contributed by atoms with van der Waals surface area (Å²) < 4.78 is 27.3. The molecule has 4 heteroatoms. The number of nitrogens with zero attached hydrogens (tertiary/aromatic N) is 1. The molecule has 21 heavy (non-hydrogen) atoms. The summed E-state index contributed by atoms with van der Waals surface area (Å²) in [5.41, 5.74) is 0.484. The molecule has 0 aromatic heterocycles. The Morgan fingerprint density at radius 3 is 2.76 bits per heavy atom. The van der Waals surface area contributed by atoms with Gasteiger partial charge < -0.3 is 5.32 Å². The van der Waals surface area contributed by atoms with Crippen LogP contribution < -0.4 is 5.32 Å². The van der Waals surface area contributed by atoms with Crippen LogP contribution in [0.4, 0.5) is 8.78 Å². The molecule has 0 radical (unpaired) electrons. The molecule has 0 amide bonds. The molecule has 2 aliphatic rings. The van der Waals surface area contributed by atoms with Gasteiger partial charge in [0, 0.05) is 37.8 Å². The second-order valence-corrected chi connectivity index (χ2v) is 6.35. The summed E-state index contributed by atoms with van der Waals surface area (Å²) in [6.45, 7) is 3.34. The molecule has 1 saturated carbocycles. The first-order valence-electron chi connectivity index (χ1n) is 8.13. The Balaban J connectivity index is 1.73. The smallest absolute Gasteiger partial charge is 0.163 e. The van der Waals surface area contributed by atoms with Gasteiger partial charge in [-0.15, -0.1) is 0 Å². The van der Waals surface area contributed by atoms with Crippen molar-refractivity contribution in [3.63, 3.8) is 0 Å². The van der Waals surface area contributed by atoms with Gasteiger partial charge in [0.05, 0.1) is 0 Å². The molecule has 1 N–H and O–H groups in total. The molecule has 1 aromatic rings. The zero-order valence-electron chi connectivity index (χ0n) is 12.5. The third kappa shape index (κ3) is 3.43. The zero-order valence-corrected chi connectivity index (χ0v) is 12.5. The van der Waals surface area contributed by atoms with E-state index in [0.29, 0.717) is 24.1 Å². The molecule has 3 rings (SSSR count). The van der Waals surface area contributed by atoms with Gasteiger partial charge in [0.25, 0.3) is 0 Å². The van der Waals surface area contributed by atoms with Crippen LogP contribution in [0.1, 0.15) is 37.7 Å². The van der Waals surface area contributed by atoms with Gasteiger partial charge in [0.1, 0.15) is 0 Å². The molecule has 1 atom stereocenters. The van der Waals surface area contributed by atoms with E-state index in [0.717, 1.165) is 19.6 Å². The lowest BCUT2D eigenvalue weighted by molar-refractivity contribution is 0.0848. The summed E-state index contributed by atoms with van der Waals surface area (Å²) in [4.78, 5) is 2.35. The van der Waals surface area contributed by atoms with Crippen LogP contribution in [0.5, 0.6) is 0 Å². The highest BCUT2D eigenvalue weighted by atomic mass is 19.2. The van der Waals surface area contributed by atoms with Crippen molar-refractivity contribution in [2.75, 3.05) is 19.6 Å². The van der Waals surface area contributed by atoms with Crippen LogP contribution in [0, 0.1) is 17.6 Å². The number of hydrogen-bond acceptors (Lipinski definition) is 2. The fourth-order valence-corrected chi connectivity index (χ4v) is 3.84. The van der Waals surface area contributed by atoms with Crippen molar-refractivity contribution < 1.29 is 8.78 Å². The van der Waals surface area contributed by atoms with Crippen molar-refractivity contribution in [1.82, 2.24) is 10.2 Å². The number of benzene rings is 1. The van der Waals surface area contributed by atoms with Gasteiger partial charge >= 0.3 is 0 Å². The Morgan fingerprint density at radius 1 is 1.14 bits per heavy atom. The lowest BCUT2D eigenvalue weighted by atomic mass is 9.82. The van der Waals surface area contributed by atoms with Crippen LogP contribution in [-0.2, 0) is 6.54 Å². The SMILES string of the molecule is Fc1cccc(CN2CCNCC2C2CCCCC2)c1F. The van der Waals surface area contributed by atoms with Crippen LogP contribution >= 0.6 is 0 Å². The first kappa shape index (κ1) is 14.9. The van der Waals surface area contributed by atoms with E-state index in [1.54, 1.807) is 12.1 Å². The summed E-state index contributed by atoms with van der Waals surface area (Å²) in [6, 6.07) is 4.96. The lowest BCUT2D eigenvalue weighted by Gasteiger charge is -2.42. The lowest BCUT2D eigenvalue weighted by Crippen LogP contribution is -2.54. The fraction of sp³-hybridized carbons (Fsp3) is 0.647. The Bertz CT molecular complexity index is 472. The maximum Gasteiger partial charge on any atom is 0.163 e. The zero-order chi connectivity index (χ0) is 14.7. The van der Waals surface area contributed by atoms with Crippen molar-refractivity contribution in [2.45, 2.75) is 44.7 Å². The standard InChI is InChI=1S/C17H24F2N2/c18-15-8-4-7-14(17(15)19)12-21-10-9-20-11-16(21)13-5-2-1-3-6-13/h4,7-8,13,16,20H,1-3,5-6,9-12H2. The molecular formula is C17H24F2N2. The van der Waals surface area contributed by atoms with Gasteiger partial charge in [-0.3, -0.25) is 4.90 Å². The molecule has 1 aliphatic carbocycles. The fourth-order valence-electron chi connectivity index (χ4n) is 3.84. The average Bonchev–Trinajstić information content (AvgIpc) is 2.53. The molecule has 0 spiro atoms. The van der Waals surface area contributed by atoms with Crippen LogP contribution in [0.25, 0.3) is 0 Å². The number of nitrogens with one attached hydrogen (secondary N) is 1. The Morgan fingerprint density at radius 2 is 1.95 bits per heavy atom. The van der Waals surface area contributed by atoms with Crippen LogP contribution in [0.15, 0.2) is 18.2 Å². The normalized spacial score (nSPS) is 25.1. The number of halogens is 2. The second-order valence-electron chi connectivity index (χ2n) is 6.35. The quantitative estimate of drug-likeness (QED) is 0.920. The highest BCUT2D eigenvalue weighted by molar-refractivity contribution is 5.19. The average molecular weight is 294 g/mol. The predicted molar refractivity (Wildman–Crippen MR) is 80.0 cm³/mol. The van der Waals surface area contributed by atoms with Crippen molar-refractivity contribution in [2.24, 2.45) is 5.92 Å². The first-order valence-corrected chi connectivity index (χ1v) is 8.13. The minimum atomic E-state index is -0.739. The number of rotatable bonds is 3. The minimum absolute atomic E-state index is 0.460. The van der Waals surface area contributed by atoms with Gasteiger partial charge in [0.2, 0.25) is 0 Å². The summed E-state index contributed by atoms with van der Waals surface area (Å²) in [5, 5.41) is 3.46. The van der Waals surface area contributed by atoms with Gasteiger partial charge in [0.15, 0.2) is 11.6 Å². The Kier molecular flexibility index (Phi) is 4.86. The molecule has 116 valence electrons. The third-order valence-electron chi connectivity index (χ3n) is 5.00. The van der Waals surface area contributed by atoms with E-state index in [1.807, 2.05) is 0 Å². The van der Waals surface area contributed by atoms with Gasteiger partial charge in [-0.25, -0.2) is 8.78 Å². The maximum absolute atomic E-state index is 13.9. The van der Waals surface area contributed by atoms with Crippen molar-refractivity contribution in [3.05, 3.63) is 35.4 Å². The van der Waals surface area contributed by atoms with Crippen molar-refractivity contribution >= 4 is 0 Å². The number of hydrogen-bond donors (Lipinski definition) is 1. The summed E-state index contributed by atoms with van der Waals surface area (Å²) in [7, 11) is 0. The van der Waals surface area contributed by atoms with E-state index in [9.17, 15) is 8.78 Å². The van der Waals surface area contributed by atoms with E-state index in [-0.39, 0.29) is 0 Å². The summed E-state index contributed by atoms with van der Waals surface area (Å²) in [6.07, 6.45) is 6.50. The van der Waals surface area contributed by atoms with E-state index < -0.39 is 11.6 Å². The van der Waals surface area contributed by atoms with Gasteiger partial charge in [-0.05, 0) is 24.8 Å². The summed E-state index contributed by atoms with van der Waals surface area (Å²) in [5.74, 6) is -0.724. The van der Waals surface area contributed by atoms with Crippen LogP contribution in [0.2, 0.25) is 0 Å². The van der Waals surface area contributed by atoms with E-state index in [1.165, 1.54) is 38.2 Å². The van der Waals surface area contributed by atoms with Crippen molar-refractivity contribution in [3.8, 4) is 0 Å². The highest BCUT2D eigenvalue weighted by Gasteiger charge is 2.31. The summed E-state index contributed by atoms with van der Waals surface area (Å²) >= 11 is 0. The molecule has 1 saturated heterocycles. The van der Waals surface area contributed by atoms with Crippen molar-refractivity contribution in [1.29, 1.82) is 0 Å². The molecule has 2 nitrogen and oxygen atoms in total. The monoisotopic (exact) mass is 294 g/mol. The third-order valence-corrected chi connectivity index (χ3v) is 5.00. The van der Waals surface area contributed by atoms with E-state index in [4.69, 9.17) is 0 Å². The number of piperazine rings is 1. The van der Waals surface area contributed by atoms with Crippen LogP contribution in [-0.4, -0.2) is 30.6 Å². The van der Waals surface area contributed by atoms with Crippen LogP contribution in [0.3, 0.4) is 0 Å². The van der Waals surface area contributed by atoms with Gasteiger partial charge in [-0.1, -0.05) is 31.4 Å². The maximum atomic E-state index is 13.9. The molecule has 1 aliphatic heterocycles. The van der Waals surface area contributed by atoms with Gasteiger partial charge in [-0.2, -0.15) is 0 Å². The molecule has 1 heterocycles. The predicted octanol–water partition coefficient (Wildman–Crippen LogP) is 3.32.